The molecule has 1 atom stereocenters. The number of nitrogens with zero attached hydrogens (tertiary/aromatic N) is 2. The first-order chi connectivity index (χ1) is 12.3. The molecule has 3 heterocycles. The van der Waals surface area contributed by atoms with Crippen molar-refractivity contribution < 1.29 is 14.3 Å². The van der Waals surface area contributed by atoms with Crippen molar-refractivity contribution in [1.29, 1.82) is 0 Å². The zero-order valence-electron chi connectivity index (χ0n) is 14.0. The third-order valence-electron chi connectivity index (χ3n) is 4.59. The summed E-state index contributed by atoms with van der Waals surface area (Å²) < 4.78 is 13.0. The first-order valence-corrected chi connectivity index (χ1v) is 8.66. The molecule has 7 nitrogen and oxygen atoms in total. The smallest absolute Gasteiger partial charge is 0.273 e. The zero-order chi connectivity index (χ0) is 17.1. The summed E-state index contributed by atoms with van der Waals surface area (Å²) in [5.74, 6) is 1.09. The summed E-state index contributed by atoms with van der Waals surface area (Å²) in [6.07, 6.45) is 3.20. The molecule has 1 fully saturated rings. The van der Waals surface area contributed by atoms with Gasteiger partial charge >= 0.3 is 0 Å². The van der Waals surface area contributed by atoms with Gasteiger partial charge in [-0.25, -0.2) is 9.66 Å². The van der Waals surface area contributed by atoms with E-state index < -0.39 is 0 Å². The van der Waals surface area contributed by atoms with Gasteiger partial charge in [-0.2, -0.15) is 0 Å². The Balaban J connectivity index is 1.41. The molecule has 25 heavy (non-hydrogen) atoms. The number of hydrogen-bond acceptors (Lipinski definition) is 5. The van der Waals surface area contributed by atoms with Crippen molar-refractivity contribution in [3.05, 3.63) is 53.6 Å². The van der Waals surface area contributed by atoms with Gasteiger partial charge in [-0.3, -0.25) is 10.2 Å². The lowest BCUT2D eigenvalue weighted by Crippen LogP contribution is -2.53. The molecule has 2 aromatic rings. The Morgan fingerprint density at radius 1 is 1.24 bits per heavy atom. The second-order valence-electron chi connectivity index (χ2n) is 6.38. The number of benzene rings is 1. The van der Waals surface area contributed by atoms with E-state index in [4.69, 9.17) is 9.47 Å². The van der Waals surface area contributed by atoms with Crippen LogP contribution in [0.2, 0.25) is 0 Å². The van der Waals surface area contributed by atoms with Crippen molar-refractivity contribution in [2.75, 3.05) is 25.2 Å². The standard InChI is InChI=1S/C18H22N4O3/c23-18-15-10-19-17(14-6-8-24-9-7-14)22(15)21-16(20-18)12-25-11-13-4-2-1-3-5-13/h1-5,10,14,16,21H,6-9,11-12H2,(H,20,23). The van der Waals surface area contributed by atoms with Crippen LogP contribution >= 0.6 is 0 Å². The van der Waals surface area contributed by atoms with Gasteiger partial charge in [0.25, 0.3) is 5.91 Å². The minimum absolute atomic E-state index is 0.127. The molecule has 4 rings (SSSR count). The lowest BCUT2D eigenvalue weighted by atomic mass is 10.00. The van der Waals surface area contributed by atoms with Gasteiger partial charge in [0.1, 0.15) is 17.7 Å². The summed E-state index contributed by atoms with van der Waals surface area (Å²) in [6.45, 7) is 2.37. The van der Waals surface area contributed by atoms with Gasteiger partial charge in [0, 0.05) is 19.1 Å². The molecule has 2 aliphatic rings. The second-order valence-corrected chi connectivity index (χ2v) is 6.38. The molecular weight excluding hydrogens is 320 g/mol. The van der Waals surface area contributed by atoms with Gasteiger partial charge in [0.15, 0.2) is 0 Å². The van der Waals surface area contributed by atoms with Crippen LogP contribution in [0.3, 0.4) is 0 Å². The zero-order valence-corrected chi connectivity index (χ0v) is 14.0. The number of carbonyl (C=O) groups excluding carboxylic acids is 1. The maximum Gasteiger partial charge on any atom is 0.273 e. The Morgan fingerprint density at radius 2 is 2.04 bits per heavy atom. The monoisotopic (exact) mass is 342 g/mol. The molecule has 0 bridgehead atoms. The van der Waals surface area contributed by atoms with Crippen LogP contribution < -0.4 is 10.7 Å². The van der Waals surface area contributed by atoms with E-state index in [1.165, 1.54) is 0 Å². The summed E-state index contributed by atoms with van der Waals surface area (Å²) in [4.78, 5) is 16.8. The third kappa shape index (κ3) is 3.52. The molecule has 1 aromatic carbocycles. The predicted molar refractivity (Wildman–Crippen MR) is 91.7 cm³/mol. The van der Waals surface area contributed by atoms with E-state index in [1.807, 2.05) is 35.0 Å². The Kier molecular flexibility index (Phi) is 4.67. The SMILES string of the molecule is O=C1NC(COCc2ccccc2)Nn2c1cnc2C1CCOCC1. The first-order valence-electron chi connectivity index (χ1n) is 8.66. The van der Waals surface area contributed by atoms with Crippen molar-refractivity contribution in [1.82, 2.24) is 15.0 Å². The van der Waals surface area contributed by atoms with E-state index >= 15 is 0 Å². The van der Waals surface area contributed by atoms with Crippen molar-refractivity contribution in [2.24, 2.45) is 0 Å². The Hall–Kier alpha value is -2.38. The number of hydrogen-bond donors (Lipinski definition) is 2. The van der Waals surface area contributed by atoms with Gasteiger partial charge in [0.05, 0.1) is 19.4 Å². The quantitative estimate of drug-likeness (QED) is 0.863. The number of amides is 1. The summed E-state index contributed by atoms with van der Waals surface area (Å²) >= 11 is 0. The molecule has 2 aliphatic heterocycles. The van der Waals surface area contributed by atoms with E-state index in [9.17, 15) is 4.79 Å². The van der Waals surface area contributed by atoms with E-state index in [-0.39, 0.29) is 12.1 Å². The second kappa shape index (κ2) is 7.25. The van der Waals surface area contributed by atoms with Crippen LogP contribution in [0.15, 0.2) is 36.5 Å². The number of carbonyl (C=O) groups is 1. The molecular formula is C18H22N4O3. The van der Waals surface area contributed by atoms with Gasteiger partial charge < -0.3 is 14.8 Å². The molecule has 0 spiro atoms. The first kappa shape index (κ1) is 16.1. The molecule has 132 valence electrons. The number of imidazole rings is 1. The van der Waals surface area contributed by atoms with E-state index in [1.54, 1.807) is 6.20 Å². The maximum absolute atomic E-state index is 12.3. The molecule has 1 unspecified atom stereocenters. The van der Waals surface area contributed by atoms with Crippen LogP contribution in [0.1, 0.15) is 40.6 Å². The lowest BCUT2D eigenvalue weighted by molar-refractivity contribution is 0.0753. The number of nitrogens with one attached hydrogen (secondary N) is 2. The van der Waals surface area contributed by atoms with Crippen molar-refractivity contribution in [3.63, 3.8) is 0 Å². The van der Waals surface area contributed by atoms with Gasteiger partial charge in [-0.05, 0) is 18.4 Å². The van der Waals surface area contributed by atoms with Gasteiger partial charge in [-0.15, -0.1) is 0 Å². The summed E-state index contributed by atoms with van der Waals surface area (Å²) in [6, 6.07) is 9.98. The van der Waals surface area contributed by atoms with E-state index in [2.05, 4.69) is 15.7 Å². The number of fused-ring (bicyclic) bond motifs is 1. The number of aromatic nitrogens is 2. The summed E-state index contributed by atoms with van der Waals surface area (Å²) in [5, 5.41) is 2.91. The van der Waals surface area contributed by atoms with Crippen molar-refractivity contribution >= 4 is 5.91 Å². The van der Waals surface area contributed by atoms with Gasteiger partial charge in [0.2, 0.25) is 0 Å². The molecule has 0 saturated carbocycles. The normalized spacial score (nSPS) is 20.6. The highest BCUT2D eigenvalue weighted by molar-refractivity contribution is 5.93. The van der Waals surface area contributed by atoms with Crippen LogP contribution in [0.25, 0.3) is 0 Å². The average molecular weight is 342 g/mol. The fourth-order valence-electron chi connectivity index (χ4n) is 3.27. The Morgan fingerprint density at radius 3 is 2.84 bits per heavy atom. The minimum atomic E-state index is -0.281. The fraction of sp³-hybridized carbons (Fsp3) is 0.444. The Bertz CT molecular complexity index is 725. The molecule has 7 heteroatoms. The minimum Gasteiger partial charge on any atom is -0.381 e. The molecule has 1 amide bonds. The molecule has 0 aliphatic carbocycles. The predicted octanol–water partition coefficient (Wildman–Crippen LogP) is 1.61. The summed E-state index contributed by atoms with van der Waals surface area (Å²) in [7, 11) is 0. The molecule has 0 radical (unpaired) electrons. The maximum atomic E-state index is 12.3. The van der Waals surface area contributed by atoms with Crippen LogP contribution in [-0.4, -0.2) is 41.6 Å². The number of ether oxygens (including phenoxy) is 2. The average Bonchev–Trinajstić information content (AvgIpc) is 3.08. The molecule has 1 saturated heterocycles. The van der Waals surface area contributed by atoms with E-state index in [0.29, 0.717) is 24.8 Å². The number of rotatable bonds is 5. The van der Waals surface area contributed by atoms with Gasteiger partial charge in [-0.1, -0.05) is 30.3 Å². The highest BCUT2D eigenvalue weighted by atomic mass is 16.5. The molecule has 2 N–H and O–H groups in total. The highest BCUT2D eigenvalue weighted by Crippen LogP contribution is 2.26. The summed E-state index contributed by atoms with van der Waals surface area (Å²) in [5.41, 5.74) is 4.97. The van der Waals surface area contributed by atoms with Crippen molar-refractivity contribution in [2.45, 2.75) is 31.5 Å². The van der Waals surface area contributed by atoms with Crippen LogP contribution in [-0.2, 0) is 16.1 Å². The topological polar surface area (TPSA) is 77.4 Å². The molecule has 1 aromatic heterocycles. The third-order valence-corrected chi connectivity index (χ3v) is 4.59. The van der Waals surface area contributed by atoms with Crippen LogP contribution in [0.4, 0.5) is 0 Å². The van der Waals surface area contributed by atoms with Crippen LogP contribution in [0.5, 0.6) is 0 Å². The van der Waals surface area contributed by atoms with Crippen LogP contribution in [0, 0.1) is 0 Å². The highest BCUT2D eigenvalue weighted by Gasteiger charge is 2.30. The largest absolute Gasteiger partial charge is 0.381 e. The fourth-order valence-corrected chi connectivity index (χ4v) is 3.27. The Labute approximate surface area is 146 Å². The van der Waals surface area contributed by atoms with E-state index in [0.717, 1.165) is 37.4 Å². The lowest BCUT2D eigenvalue weighted by Gasteiger charge is -2.30. The van der Waals surface area contributed by atoms with Crippen molar-refractivity contribution in [3.8, 4) is 0 Å².